The van der Waals surface area contributed by atoms with Crippen LogP contribution in [-0.4, -0.2) is 68.2 Å². The summed E-state index contributed by atoms with van der Waals surface area (Å²) < 4.78 is 12.2. The van der Waals surface area contributed by atoms with Crippen molar-refractivity contribution in [1.29, 1.82) is 0 Å². The Balaban J connectivity index is 1.80. The van der Waals surface area contributed by atoms with Gasteiger partial charge in [0.1, 0.15) is 5.37 Å². The van der Waals surface area contributed by atoms with Gasteiger partial charge in [-0.05, 0) is 24.3 Å². The highest BCUT2D eigenvalue weighted by Crippen LogP contribution is 2.54. The second-order valence-electron chi connectivity index (χ2n) is 5.11. The molecule has 3 N–H and O–H groups in total. The summed E-state index contributed by atoms with van der Waals surface area (Å²) in [5.41, 5.74) is -0.128. The second-order valence-corrected chi connectivity index (χ2v) is 9.84. The van der Waals surface area contributed by atoms with E-state index >= 15 is 0 Å². The van der Waals surface area contributed by atoms with Gasteiger partial charge in [-0.2, -0.15) is 5.10 Å². The minimum absolute atomic E-state index is 0.0942. The number of nitrogens with one attached hydrogen (secondary N) is 1. The predicted octanol–water partition coefficient (Wildman–Crippen LogP) is -0.448. The van der Waals surface area contributed by atoms with Gasteiger partial charge in [-0.3, -0.25) is 9.69 Å². The zero-order valence-electron chi connectivity index (χ0n) is 12.4. The molecule has 0 saturated carbocycles. The van der Waals surface area contributed by atoms with E-state index in [0.29, 0.717) is 4.24 Å². The number of hydrogen-bond acceptors (Lipinski definition) is 9. The number of carbonyl (C=O) groups excluding carboxylic acids is 1. The van der Waals surface area contributed by atoms with Crippen LogP contribution < -0.4 is 0 Å². The highest BCUT2D eigenvalue weighted by Gasteiger charge is 2.58. The van der Waals surface area contributed by atoms with E-state index in [9.17, 15) is 24.4 Å². The van der Waals surface area contributed by atoms with Gasteiger partial charge in [-0.25, -0.2) is 4.79 Å². The van der Waals surface area contributed by atoms with Crippen molar-refractivity contribution < 1.29 is 24.4 Å². The van der Waals surface area contributed by atoms with Gasteiger partial charge in [0.25, 0.3) is 0 Å². The van der Waals surface area contributed by atoms with E-state index in [2.05, 4.69) is 20.6 Å². The maximum atomic E-state index is 12.3. The topological polar surface area (TPSA) is 155 Å². The van der Waals surface area contributed by atoms with Gasteiger partial charge in [0.15, 0.2) is 10.3 Å². The molecule has 2 aliphatic rings. The first-order valence-corrected chi connectivity index (χ1v) is 9.76. The van der Waals surface area contributed by atoms with Crippen molar-refractivity contribution in [2.45, 2.75) is 35.1 Å². The third-order valence-electron chi connectivity index (χ3n) is 3.56. The third kappa shape index (κ3) is 2.79. The van der Waals surface area contributed by atoms with Crippen LogP contribution in [0.1, 0.15) is 13.8 Å². The smallest absolute Gasteiger partial charge is 0.359 e. The fourth-order valence-electron chi connectivity index (χ4n) is 2.42. The van der Waals surface area contributed by atoms with Crippen molar-refractivity contribution in [3.63, 3.8) is 0 Å². The molecule has 24 heavy (non-hydrogen) atoms. The highest BCUT2D eigenvalue weighted by molar-refractivity contribution is 8.27. The summed E-state index contributed by atoms with van der Waals surface area (Å²) in [4.78, 5) is 24.8. The van der Waals surface area contributed by atoms with Crippen LogP contribution in [0.4, 0.5) is 0 Å². The van der Waals surface area contributed by atoms with E-state index in [1.54, 1.807) is 6.92 Å². The number of hydrogen-bond donors (Lipinski definition) is 3. The molecule has 1 aromatic heterocycles. The summed E-state index contributed by atoms with van der Waals surface area (Å²) in [6, 6.07) is 0. The molecule has 13 heteroatoms. The Kier molecular flexibility index (Phi) is 4.79. The standard InChI is InChI=1S/C11H13N5O5S3/c1-3(17)5-7(18)16-6(9(19)20)10(23-8(5)16)22-4(2)24(21)11-12-14-15-13-11/h3-5,8,17H,1-2H3,(H,19,20)(H,12,13,14,15)/t3-,4?,5+,8-,24?/m1/s1. The Hall–Kier alpha value is -1.28. The summed E-state index contributed by atoms with van der Waals surface area (Å²) in [7, 11) is 0. The third-order valence-corrected chi connectivity index (χ3v) is 8.00. The number of amides is 1. The first kappa shape index (κ1) is 17.5. The summed E-state index contributed by atoms with van der Waals surface area (Å²) >= 11 is 0.703. The number of fused-ring (bicyclic) bond motifs is 1. The number of aromatic amines is 1. The maximum Gasteiger partial charge on any atom is 0.359 e. The van der Waals surface area contributed by atoms with Gasteiger partial charge < -0.3 is 14.8 Å². The highest BCUT2D eigenvalue weighted by atomic mass is 32.3. The van der Waals surface area contributed by atoms with Crippen molar-refractivity contribution in [2.24, 2.45) is 5.92 Å². The fraction of sp³-hybridized carbons (Fsp3) is 0.545. The predicted molar refractivity (Wildman–Crippen MR) is 85.7 cm³/mol. The van der Waals surface area contributed by atoms with Gasteiger partial charge in [0, 0.05) is 11.2 Å². The minimum Gasteiger partial charge on any atom is -0.608 e. The number of H-pyrrole nitrogens is 1. The SMILES string of the molecule is CC(SC1=C(C(=O)O)N2C(=O)[C@H]([C@@H](C)O)[C@H]2S1)[S+]([O-])c1nnn[nH]1. The molecule has 1 aromatic rings. The van der Waals surface area contributed by atoms with E-state index in [0.717, 1.165) is 11.8 Å². The molecule has 0 spiro atoms. The number of aliphatic hydroxyl groups is 1. The number of aliphatic carboxylic acids is 1. The largest absolute Gasteiger partial charge is 0.608 e. The van der Waals surface area contributed by atoms with Crippen LogP contribution >= 0.6 is 23.5 Å². The lowest BCUT2D eigenvalue weighted by Gasteiger charge is -2.43. The van der Waals surface area contributed by atoms with Crippen LogP contribution in [0.25, 0.3) is 0 Å². The van der Waals surface area contributed by atoms with Crippen molar-refractivity contribution in [3.05, 3.63) is 9.93 Å². The molecular formula is C11H13N5O5S3. The number of carboxylic acid groups (broad SMARTS) is 1. The lowest BCUT2D eigenvalue weighted by molar-refractivity contribution is -0.156. The van der Waals surface area contributed by atoms with Gasteiger partial charge in [0.05, 0.1) is 16.3 Å². The van der Waals surface area contributed by atoms with Crippen molar-refractivity contribution in [1.82, 2.24) is 25.5 Å². The van der Waals surface area contributed by atoms with Gasteiger partial charge >= 0.3 is 11.1 Å². The molecule has 3 heterocycles. The zero-order valence-corrected chi connectivity index (χ0v) is 14.9. The number of aromatic nitrogens is 4. The Bertz CT molecular complexity index is 696. The first-order chi connectivity index (χ1) is 11.3. The van der Waals surface area contributed by atoms with Crippen LogP contribution in [0.3, 0.4) is 0 Å². The van der Waals surface area contributed by atoms with Crippen LogP contribution in [0.5, 0.6) is 0 Å². The van der Waals surface area contributed by atoms with E-state index < -0.39 is 45.0 Å². The number of aliphatic hydroxyl groups excluding tert-OH is 1. The average molecular weight is 391 g/mol. The molecule has 0 aromatic carbocycles. The van der Waals surface area contributed by atoms with Crippen molar-refractivity contribution in [2.75, 3.05) is 0 Å². The van der Waals surface area contributed by atoms with E-state index in [4.69, 9.17) is 0 Å². The van der Waals surface area contributed by atoms with Crippen LogP contribution in [0.2, 0.25) is 0 Å². The lowest BCUT2D eigenvalue weighted by Crippen LogP contribution is -2.60. The quantitative estimate of drug-likeness (QED) is 0.429. The van der Waals surface area contributed by atoms with Gasteiger partial charge in [-0.15, -0.1) is 0 Å². The summed E-state index contributed by atoms with van der Waals surface area (Å²) in [6.07, 6.45) is -0.863. The Labute approximate surface area is 147 Å². The molecule has 5 atom stereocenters. The molecule has 1 fully saturated rings. The second kappa shape index (κ2) is 6.55. The number of tetrazole rings is 1. The molecule has 0 aliphatic carbocycles. The zero-order chi connectivity index (χ0) is 17.6. The molecular weight excluding hydrogens is 378 g/mol. The first-order valence-electron chi connectivity index (χ1n) is 6.79. The number of β-lactam (4-membered cyclic amide) rings is 1. The van der Waals surface area contributed by atoms with Crippen LogP contribution in [0, 0.1) is 5.92 Å². The Morgan fingerprint density at radius 2 is 2.25 bits per heavy atom. The van der Waals surface area contributed by atoms with E-state index in [-0.39, 0.29) is 10.9 Å². The molecule has 130 valence electrons. The minimum atomic E-state index is -1.57. The van der Waals surface area contributed by atoms with Gasteiger partial charge in [-0.1, -0.05) is 28.6 Å². The van der Waals surface area contributed by atoms with Crippen LogP contribution in [-0.2, 0) is 20.8 Å². The number of carboxylic acids is 1. The van der Waals surface area contributed by atoms with Crippen molar-refractivity contribution >= 4 is 46.6 Å². The molecule has 2 aliphatic heterocycles. The molecule has 0 radical (unpaired) electrons. The molecule has 1 saturated heterocycles. The molecule has 0 bridgehead atoms. The number of nitrogens with zero attached hydrogens (tertiary/aromatic N) is 4. The Morgan fingerprint density at radius 1 is 1.54 bits per heavy atom. The van der Waals surface area contributed by atoms with Gasteiger partial charge in [0.2, 0.25) is 5.91 Å². The lowest BCUT2D eigenvalue weighted by atomic mass is 9.92. The Morgan fingerprint density at radius 3 is 2.79 bits per heavy atom. The molecule has 10 nitrogen and oxygen atoms in total. The van der Waals surface area contributed by atoms with E-state index in [1.165, 1.54) is 23.6 Å². The van der Waals surface area contributed by atoms with Crippen molar-refractivity contribution in [3.8, 4) is 0 Å². The average Bonchev–Trinajstić information content (AvgIpc) is 3.12. The summed E-state index contributed by atoms with van der Waals surface area (Å²) in [5.74, 6) is -2.28. The number of rotatable bonds is 6. The maximum absolute atomic E-state index is 12.3. The summed E-state index contributed by atoms with van der Waals surface area (Å²) in [5, 5.41) is 31.5. The van der Waals surface area contributed by atoms with E-state index in [1.807, 2.05) is 0 Å². The molecule has 3 rings (SSSR count). The molecule has 1 amide bonds. The summed E-state index contributed by atoms with van der Waals surface area (Å²) in [6.45, 7) is 3.15. The van der Waals surface area contributed by atoms with Crippen LogP contribution in [0.15, 0.2) is 15.1 Å². The number of carbonyl (C=O) groups is 2. The fourth-order valence-corrected chi connectivity index (χ4v) is 6.95. The number of thioether (sulfide) groups is 2. The monoisotopic (exact) mass is 391 g/mol. The molecule has 2 unspecified atom stereocenters. The normalized spacial score (nSPS) is 26.8.